The van der Waals surface area contributed by atoms with Gasteiger partial charge in [-0.15, -0.1) is 0 Å². The summed E-state index contributed by atoms with van der Waals surface area (Å²) >= 11 is 0. The molecule has 1 aromatic heterocycles. The maximum atomic E-state index is 5.85. The Morgan fingerprint density at radius 2 is 2.11 bits per heavy atom. The standard InChI is InChI=1S/C15H19NO2/c1-11(16-8-15(2)9-17-10-15)14-7-12-5-3-4-6-13(12)18-14/h3-7,11,16H,8-10H2,1-2H3. The van der Waals surface area contributed by atoms with Crippen molar-refractivity contribution in [2.45, 2.75) is 19.9 Å². The van der Waals surface area contributed by atoms with Crippen LogP contribution in [0.25, 0.3) is 11.0 Å². The fraction of sp³-hybridized carbons (Fsp3) is 0.467. The predicted molar refractivity (Wildman–Crippen MR) is 71.6 cm³/mol. The molecule has 2 heterocycles. The van der Waals surface area contributed by atoms with Crippen LogP contribution in [0.4, 0.5) is 0 Å². The second-order valence-corrected chi connectivity index (χ2v) is 5.59. The summed E-state index contributed by atoms with van der Waals surface area (Å²) in [6.07, 6.45) is 0. The monoisotopic (exact) mass is 245 g/mol. The number of rotatable bonds is 4. The minimum Gasteiger partial charge on any atom is -0.459 e. The summed E-state index contributed by atoms with van der Waals surface area (Å²) in [4.78, 5) is 0. The van der Waals surface area contributed by atoms with Crippen LogP contribution in [-0.2, 0) is 4.74 Å². The smallest absolute Gasteiger partial charge is 0.134 e. The van der Waals surface area contributed by atoms with Gasteiger partial charge in [-0.2, -0.15) is 0 Å². The zero-order valence-corrected chi connectivity index (χ0v) is 10.9. The van der Waals surface area contributed by atoms with Crippen molar-refractivity contribution < 1.29 is 9.15 Å². The maximum absolute atomic E-state index is 5.85. The Morgan fingerprint density at radius 3 is 2.78 bits per heavy atom. The van der Waals surface area contributed by atoms with Crippen molar-refractivity contribution in [3.63, 3.8) is 0 Å². The fourth-order valence-electron chi connectivity index (χ4n) is 2.27. The van der Waals surface area contributed by atoms with E-state index in [1.807, 2.05) is 18.2 Å². The van der Waals surface area contributed by atoms with E-state index in [1.54, 1.807) is 0 Å². The summed E-state index contributed by atoms with van der Waals surface area (Å²) in [5.74, 6) is 1.00. The first-order valence-electron chi connectivity index (χ1n) is 6.46. The molecule has 0 saturated carbocycles. The minimum absolute atomic E-state index is 0.231. The molecule has 2 aromatic rings. The van der Waals surface area contributed by atoms with E-state index in [2.05, 4.69) is 31.3 Å². The van der Waals surface area contributed by atoms with Gasteiger partial charge in [0.05, 0.1) is 19.3 Å². The molecule has 96 valence electrons. The van der Waals surface area contributed by atoms with Gasteiger partial charge >= 0.3 is 0 Å². The normalized spacial score (nSPS) is 19.7. The molecule has 1 atom stereocenters. The van der Waals surface area contributed by atoms with E-state index in [4.69, 9.17) is 9.15 Å². The van der Waals surface area contributed by atoms with Gasteiger partial charge in [0.25, 0.3) is 0 Å². The molecule has 0 bridgehead atoms. The van der Waals surface area contributed by atoms with E-state index in [0.29, 0.717) is 5.41 Å². The quantitative estimate of drug-likeness (QED) is 0.898. The van der Waals surface area contributed by atoms with E-state index in [0.717, 1.165) is 31.1 Å². The number of hydrogen-bond acceptors (Lipinski definition) is 3. The van der Waals surface area contributed by atoms with Gasteiger partial charge in [0.1, 0.15) is 11.3 Å². The van der Waals surface area contributed by atoms with Crippen LogP contribution in [0.1, 0.15) is 25.6 Å². The largest absolute Gasteiger partial charge is 0.459 e. The highest BCUT2D eigenvalue weighted by molar-refractivity contribution is 5.77. The third-order valence-corrected chi connectivity index (χ3v) is 3.61. The first-order valence-corrected chi connectivity index (χ1v) is 6.46. The summed E-state index contributed by atoms with van der Waals surface area (Å²) in [6.45, 7) is 7.06. The molecular formula is C15H19NO2. The average Bonchev–Trinajstić information content (AvgIpc) is 2.77. The first-order chi connectivity index (χ1) is 8.66. The summed E-state index contributed by atoms with van der Waals surface area (Å²) in [6, 6.07) is 10.5. The number of furan rings is 1. The molecule has 1 aliphatic heterocycles. The summed E-state index contributed by atoms with van der Waals surface area (Å²) in [5, 5.41) is 4.69. The van der Waals surface area contributed by atoms with Gasteiger partial charge in [-0.1, -0.05) is 25.1 Å². The molecule has 3 nitrogen and oxygen atoms in total. The van der Waals surface area contributed by atoms with E-state index < -0.39 is 0 Å². The second-order valence-electron chi connectivity index (χ2n) is 5.59. The fourth-order valence-corrected chi connectivity index (χ4v) is 2.27. The number of benzene rings is 1. The van der Waals surface area contributed by atoms with Crippen LogP contribution in [0.15, 0.2) is 34.7 Å². The minimum atomic E-state index is 0.231. The third-order valence-electron chi connectivity index (χ3n) is 3.61. The third kappa shape index (κ3) is 2.16. The van der Waals surface area contributed by atoms with Gasteiger partial charge in [-0.25, -0.2) is 0 Å². The van der Waals surface area contributed by atoms with Crippen LogP contribution in [0.2, 0.25) is 0 Å². The van der Waals surface area contributed by atoms with Crippen molar-refractivity contribution in [1.82, 2.24) is 5.32 Å². The molecule has 0 amide bonds. The maximum Gasteiger partial charge on any atom is 0.134 e. The number of nitrogens with one attached hydrogen (secondary N) is 1. The van der Waals surface area contributed by atoms with E-state index in [1.165, 1.54) is 5.39 Å². The molecule has 1 aliphatic rings. The van der Waals surface area contributed by atoms with Crippen molar-refractivity contribution >= 4 is 11.0 Å². The van der Waals surface area contributed by atoms with Gasteiger partial charge in [-0.3, -0.25) is 0 Å². The van der Waals surface area contributed by atoms with Gasteiger partial charge in [-0.05, 0) is 19.1 Å². The van der Waals surface area contributed by atoms with Crippen LogP contribution in [-0.4, -0.2) is 19.8 Å². The number of fused-ring (bicyclic) bond motifs is 1. The Morgan fingerprint density at radius 1 is 1.33 bits per heavy atom. The topological polar surface area (TPSA) is 34.4 Å². The van der Waals surface area contributed by atoms with Gasteiger partial charge < -0.3 is 14.5 Å². The molecule has 0 spiro atoms. The van der Waals surface area contributed by atoms with Crippen LogP contribution in [0.5, 0.6) is 0 Å². The molecule has 1 N–H and O–H groups in total. The molecule has 1 fully saturated rings. The lowest BCUT2D eigenvalue weighted by Gasteiger charge is -2.38. The van der Waals surface area contributed by atoms with Crippen molar-refractivity contribution in [3.8, 4) is 0 Å². The zero-order chi connectivity index (χ0) is 12.6. The van der Waals surface area contributed by atoms with Crippen molar-refractivity contribution in [3.05, 3.63) is 36.1 Å². The molecule has 18 heavy (non-hydrogen) atoms. The lowest BCUT2D eigenvalue weighted by molar-refractivity contribution is -0.100. The Labute approximate surface area is 107 Å². The van der Waals surface area contributed by atoms with Gasteiger partial charge in [0.2, 0.25) is 0 Å². The van der Waals surface area contributed by atoms with E-state index in [9.17, 15) is 0 Å². The lowest BCUT2D eigenvalue weighted by Crippen LogP contribution is -2.47. The Hall–Kier alpha value is -1.32. The van der Waals surface area contributed by atoms with Crippen LogP contribution < -0.4 is 5.32 Å². The molecule has 1 unspecified atom stereocenters. The number of ether oxygens (including phenoxy) is 1. The van der Waals surface area contributed by atoms with E-state index >= 15 is 0 Å². The average molecular weight is 245 g/mol. The predicted octanol–water partition coefficient (Wildman–Crippen LogP) is 3.12. The molecule has 0 aliphatic carbocycles. The lowest BCUT2D eigenvalue weighted by atomic mass is 9.88. The van der Waals surface area contributed by atoms with Crippen molar-refractivity contribution in [2.24, 2.45) is 5.41 Å². The number of para-hydroxylation sites is 1. The molecular weight excluding hydrogens is 226 g/mol. The molecule has 0 radical (unpaired) electrons. The highest BCUT2D eigenvalue weighted by Crippen LogP contribution is 2.28. The highest BCUT2D eigenvalue weighted by atomic mass is 16.5. The number of hydrogen-bond donors (Lipinski definition) is 1. The molecule has 1 saturated heterocycles. The van der Waals surface area contributed by atoms with Gasteiger partial charge in [0.15, 0.2) is 0 Å². The molecule has 1 aromatic carbocycles. The Balaban J connectivity index is 1.69. The van der Waals surface area contributed by atoms with Crippen LogP contribution in [0.3, 0.4) is 0 Å². The molecule has 3 rings (SSSR count). The van der Waals surface area contributed by atoms with E-state index in [-0.39, 0.29) is 6.04 Å². The first kappa shape index (κ1) is 11.8. The van der Waals surface area contributed by atoms with Crippen LogP contribution >= 0.6 is 0 Å². The Bertz CT molecular complexity index is 509. The van der Waals surface area contributed by atoms with Crippen molar-refractivity contribution in [2.75, 3.05) is 19.8 Å². The SMILES string of the molecule is CC(NCC1(C)COC1)c1cc2ccccc2o1. The summed E-state index contributed by atoms with van der Waals surface area (Å²) in [5.41, 5.74) is 1.25. The van der Waals surface area contributed by atoms with Crippen molar-refractivity contribution in [1.29, 1.82) is 0 Å². The Kier molecular flexibility index (Phi) is 2.88. The summed E-state index contributed by atoms with van der Waals surface area (Å²) < 4.78 is 11.1. The highest BCUT2D eigenvalue weighted by Gasteiger charge is 2.33. The van der Waals surface area contributed by atoms with Gasteiger partial charge in [0, 0.05) is 17.3 Å². The molecule has 3 heteroatoms. The van der Waals surface area contributed by atoms with Crippen LogP contribution in [0, 0.1) is 5.41 Å². The summed E-state index contributed by atoms with van der Waals surface area (Å²) in [7, 11) is 0. The zero-order valence-electron chi connectivity index (χ0n) is 10.9. The second kappa shape index (κ2) is 4.41.